The highest BCUT2D eigenvalue weighted by atomic mass is 32.2. The Morgan fingerprint density at radius 1 is 1.13 bits per heavy atom. The first-order valence-electron chi connectivity index (χ1n) is 4.26. The number of aromatic nitrogens is 2. The molecule has 1 aromatic carbocycles. The van der Waals surface area contributed by atoms with Gasteiger partial charge in [0.2, 0.25) is 0 Å². The van der Waals surface area contributed by atoms with Crippen LogP contribution in [0.15, 0.2) is 47.6 Å². The van der Waals surface area contributed by atoms with Crippen LogP contribution in [-0.2, 0) is 10.0 Å². The van der Waals surface area contributed by atoms with E-state index in [0.717, 1.165) is 0 Å². The van der Waals surface area contributed by atoms with Gasteiger partial charge in [-0.25, -0.2) is 0 Å². The van der Waals surface area contributed by atoms with Crippen molar-refractivity contribution in [3.8, 4) is 0 Å². The Bertz CT molecular complexity index is 520. The zero-order valence-corrected chi connectivity index (χ0v) is 8.53. The van der Waals surface area contributed by atoms with Gasteiger partial charge in [0.15, 0.2) is 5.03 Å². The minimum Gasteiger partial charge on any atom is -0.278 e. The molecule has 78 valence electrons. The molecular formula is C9H9N3O2S. The van der Waals surface area contributed by atoms with Gasteiger partial charge in [-0.1, -0.05) is 18.2 Å². The van der Waals surface area contributed by atoms with Gasteiger partial charge in [-0.15, -0.1) is 0 Å². The molecule has 2 N–H and O–H groups in total. The number of benzene rings is 1. The van der Waals surface area contributed by atoms with Crippen molar-refractivity contribution in [3.05, 3.63) is 42.6 Å². The molecule has 0 unspecified atom stereocenters. The quantitative estimate of drug-likeness (QED) is 0.821. The van der Waals surface area contributed by atoms with Gasteiger partial charge in [0.1, 0.15) is 0 Å². The first kappa shape index (κ1) is 9.72. The summed E-state index contributed by atoms with van der Waals surface area (Å²) >= 11 is 0. The van der Waals surface area contributed by atoms with Gasteiger partial charge in [0, 0.05) is 5.69 Å². The molecule has 6 heteroatoms. The maximum absolute atomic E-state index is 11.7. The molecule has 0 fully saturated rings. The Morgan fingerprint density at radius 2 is 1.87 bits per heavy atom. The van der Waals surface area contributed by atoms with Crippen LogP contribution in [0.5, 0.6) is 0 Å². The number of nitrogens with one attached hydrogen (secondary N) is 2. The fraction of sp³-hybridized carbons (Fsp3) is 0. The number of H-pyrrole nitrogens is 1. The SMILES string of the molecule is O=S(=O)(Nc1ccccc1)c1ccn[nH]1. The average Bonchev–Trinajstić information content (AvgIpc) is 2.71. The van der Waals surface area contributed by atoms with Gasteiger partial charge in [-0.05, 0) is 18.2 Å². The molecule has 0 bridgehead atoms. The highest BCUT2D eigenvalue weighted by Gasteiger charge is 2.14. The van der Waals surface area contributed by atoms with Crippen LogP contribution >= 0.6 is 0 Å². The van der Waals surface area contributed by atoms with E-state index < -0.39 is 10.0 Å². The maximum Gasteiger partial charge on any atom is 0.278 e. The molecule has 1 aromatic heterocycles. The summed E-state index contributed by atoms with van der Waals surface area (Å²) in [5.41, 5.74) is 0.520. The minimum atomic E-state index is -3.54. The summed E-state index contributed by atoms with van der Waals surface area (Å²) in [6.45, 7) is 0. The lowest BCUT2D eigenvalue weighted by Gasteiger charge is -2.04. The van der Waals surface area contributed by atoms with Gasteiger partial charge in [0.25, 0.3) is 10.0 Å². The van der Waals surface area contributed by atoms with Crippen molar-refractivity contribution in [2.24, 2.45) is 0 Å². The maximum atomic E-state index is 11.7. The van der Waals surface area contributed by atoms with Crippen molar-refractivity contribution in [3.63, 3.8) is 0 Å². The molecular weight excluding hydrogens is 214 g/mol. The van der Waals surface area contributed by atoms with E-state index in [4.69, 9.17) is 0 Å². The van der Waals surface area contributed by atoms with Crippen LogP contribution in [0.2, 0.25) is 0 Å². The summed E-state index contributed by atoms with van der Waals surface area (Å²) in [6, 6.07) is 10.1. The molecule has 2 aromatic rings. The molecule has 0 saturated carbocycles. The summed E-state index contributed by atoms with van der Waals surface area (Å²) < 4.78 is 25.8. The van der Waals surface area contributed by atoms with Gasteiger partial charge in [-0.2, -0.15) is 13.5 Å². The Balaban J connectivity index is 2.27. The molecule has 0 amide bonds. The number of para-hydroxylation sites is 1. The van der Waals surface area contributed by atoms with Crippen molar-refractivity contribution in [2.45, 2.75) is 5.03 Å². The Morgan fingerprint density at radius 3 is 2.47 bits per heavy atom. The fourth-order valence-electron chi connectivity index (χ4n) is 1.11. The summed E-state index contributed by atoms with van der Waals surface area (Å²) in [6.07, 6.45) is 1.39. The first-order valence-corrected chi connectivity index (χ1v) is 5.74. The monoisotopic (exact) mass is 223 g/mol. The van der Waals surface area contributed by atoms with E-state index in [-0.39, 0.29) is 5.03 Å². The third-order valence-corrected chi connectivity index (χ3v) is 3.10. The van der Waals surface area contributed by atoms with E-state index in [0.29, 0.717) is 5.69 Å². The highest BCUT2D eigenvalue weighted by Crippen LogP contribution is 2.12. The Hall–Kier alpha value is -1.82. The van der Waals surface area contributed by atoms with Gasteiger partial charge >= 0.3 is 0 Å². The number of nitrogens with zero attached hydrogens (tertiary/aromatic N) is 1. The molecule has 2 rings (SSSR count). The van der Waals surface area contributed by atoms with E-state index in [1.165, 1.54) is 12.3 Å². The standard InChI is InChI=1S/C9H9N3O2S/c13-15(14,9-6-7-10-11-9)12-8-4-2-1-3-5-8/h1-7,12H,(H,10,11). The molecule has 5 nitrogen and oxygen atoms in total. The number of rotatable bonds is 3. The molecule has 0 aliphatic heterocycles. The first-order chi connectivity index (χ1) is 7.18. The average molecular weight is 223 g/mol. The van der Waals surface area contributed by atoms with Crippen LogP contribution in [0, 0.1) is 0 Å². The fourth-order valence-corrected chi connectivity index (χ4v) is 2.08. The van der Waals surface area contributed by atoms with E-state index in [9.17, 15) is 8.42 Å². The van der Waals surface area contributed by atoms with Crippen molar-refractivity contribution < 1.29 is 8.42 Å². The van der Waals surface area contributed by atoms with Gasteiger partial charge in [0.05, 0.1) is 6.20 Å². The molecule has 0 saturated heterocycles. The van der Waals surface area contributed by atoms with Crippen molar-refractivity contribution >= 4 is 15.7 Å². The number of hydrogen-bond acceptors (Lipinski definition) is 3. The van der Waals surface area contributed by atoms with E-state index in [1.54, 1.807) is 24.3 Å². The molecule has 0 spiro atoms. The number of anilines is 1. The zero-order valence-electron chi connectivity index (χ0n) is 7.71. The van der Waals surface area contributed by atoms with Crippen LogP contribution in [0.25, 0.3) is 0 Å². The normalized spacial score (nSPS) is 11.2. The summed E-state index contributed by atoms with van der Waals surface area (Å²) in [4.78, 5) is 0. The third-order valence-electron chi connectivity index (χ3n) is 1.79. The highest BCUT2D eigenvalue weighted by molar-refractivity contribution is 7.92. The van der Waals surface area contributed by atoms with Gasteiger partial charge in [-0.3, -0.25) is 9.82 Å². The molecule has 0 aliphatic carbocycles. The van der Waals surface area contributed by atoms with Crippen LogP contribution < -0.4 is 4.72 Å². The molecule has 0 aliphatic rings. The largest absolute Gasteiger partial charge is 0.278 e. The lowest BCUT2D eigenvalue weighted by Crippen LogP contribution is -2.13. The number of sulfonamides is 1. The molecule has 15 heavy (non-hydrogen) atoms. The summed E-state index contributed by atoms with van der Waals surface area (Å²) in [7, 11) is -3.54. The number of hydrogen-bond donors (Lipinski definition) is 2. The zero-order chi connectivity index (χ0) is 10.7. The van der Waals surface area contributed by atoms with Crippen molar-refractivity contribution in [1.29, 1.82) is 0 Å². The van der Waals surface area contributed by atoms with Crippen LogP contribution in [0.1, 0.15) is 0 Å². The van der Waals surface area contributed by atoms with Crippen molar-refractivity contribution in [1.82, 2.24) is 10.2 Å². The van der Waals surface area contributed by atoms with E-state index in [2.05, 4.69) is 14.9 Å². The smallest absolute Gasteiger partial charge is 0.278 e. The summed E-state index contributed by atoms with van der Waals surface area (Å²) in [5, 5.41) is 6.03. The second-order valence-electron chi connectivity index (χ2n) is 2.89. The Kier molecular flexibility index (Phi) is 2.42. The van der Waals surface area contributed by atoms with Gasteiger partial charge < -0.3 is 0 Å². The molecule has 0 atom stereocenters. The Labute approximate surface area is 87.2 Å². The number of aromatic amines is 1. The lowest BCUT2D eigenvalue weighted by molar-refractivity contribution is 0.597. The van der Waals surface area contributed by atoms with Crippen LogP contribution in [0.4, 0.5) is 5.69 Å². The molecule has 1 heterocycles. The van der Waals surface area contributed by atoms with Crippen molar-refractivity contribution in [2.75, 3.05) is 4.72 Å². The van der Waals surface area contributed by atoms with Crippen LogP contribution in [0.3, 0.4) is 0 Å². The predicted octanol–water partition coefficient (Wildman–Crippen LogP) is 1.21. The summed E-state index contributed by atoms with van der Waals surface area (Å²) in [5.74, 6) is 0. The topological polar surface area (TPSA) is 74.8 Å². The lowest BCUT2D eigenvalue weighted by atomic mass is 10.3. The second-order valence-corrected chi connectivity index (χ2v) is 4.54. The minimum absolute atomic E-state index is 0.0475. The van der Waals surface area contributed by atoms with Crippen LogP contribution in [-0.4, -0.2) is 18.6 Å². The predicted molar refractivity (Wildman–Crippen MR) is 55.8 cm³/mol. The third kappa shape index (κ3) is 2.16. The van der Waals surface area contributed by atoms with E-state index in [1.807, 2.05) is 6.07 Å². The molecule has 0 radical (unpaired) electrons. The second kappa shape index (κ2) is 3.74. The van der Waals surface area contributed by atoms with E-state index >= 15 is 0 Å².